The molecule has 0 aliphatic rings. The lowest BCUT2D eigenvalue weighted by molar-refractivity contribution is 0.942. The normalized spacial score (nSPS) is 10.0. The third-order valence-electron chi connectivity index (χ3n) is 1.85. The molecule has 0 saturated carbocycles. The standard InChI is InChI=1S/C8H8BN3/c9-7-4-2-1-3-6(7)8-5-10-12-11-8/h1-5H,9H2,(H,10,11,12). The molecule has 0 aliphatic carbocycles. The number of aromatic nitrogens is 3. The van der Waals surface area contributed by atoms with Gasteiger partial charge in [-0.25, -0.2) is 0 Å². The first-order chi connectivity index (χ1) is 5.88. The summed E-state index contributed by atoms with van der Waals surface area (Å²) in [6, 6.07) is 8.13. The summed E-state index contributed by atoms with van der Waals surface area (Å²) in [4.78, 5) is 0. The smallest absolute Gasteiger partial charge is 0.140 e. The van der Waals surface area contributed by atoms with Crippen LogP contribution in [0.3, 0.4) is 0 Å². The van der Waals surface area contributed by atoms with E-state index in [1.807, 2.05) is 18.2 Å². The number of hydrogen-bond acceptors (Lipinski definition) is 2. The molecule has 12 heavy (non-hydrogen) atoms. The van der Waals surface area contributed by atoms with E-state index in [1.54, 1.807) is 6.20 Å². The van der Waals surface area contributed by atoms with Crippen molar-refractivity contribution in [3.05, 3.63) is 30.5 Å². The van der Waals surface area contributed by atoms with Crippen molar-refractivity contribution in [2.75, 3.05) is 0 Å². The van der Waals surface area contributed by atoms with E-state index in [9.17, 15) is 0 Å². The number of nitrogens with one attached hydrogen (secondary N) is 1. The molecule has 0 atom stereocenters. The summed E-state index contributed by atoms with van der Waals surface area (Å²) >= 11 is 0. The van der Waals surface area contributed by atoms with Gasteiger partial charge in [0.1, 0.15) is 7.85 Å². The molecule has 2 aromatic rings. The highest BCUT2D eigenvalue weighted by molar-refractivity contribution is 6.35. The average Bonchev–Trinajstić information content (AvgIpc) is 2.57. The van der Waals surface area contributed by atoms with Gasteiger partial charge in [-0.1, -0.05) is 34.9 Å². The number of H-pyrrole nitrogens is 1. The van der Waals surface area contributed by atoms with Gasteiger partial charge >= 0.3 is 0 Å². The molecule has 0 spiro atoms. The van der Waals surface area contributed by atoms with Crippen molar-refractivity contribution >= 4 is 13.3 Å². The van der Waals surface area contributed by atoms with E-state index in [-0.39, 0.29) is 0 Å². The predicted molar refractivity (Wildman–Crippen MR) is 50.0 cm³/mol. The van der Waals surface area contributed by atoms with Crippen molar-refractivity contribution in [2.45, 2.75) is 0 Å². The molecular formula is C8H8BN3. The van der Waals surface area contributed by atoms with Crippen LogP contribution >= 0.6 is 0 Å². The molecule has 0 radical (unpaired) electrons. The first-order valence-electron chi connectivity index (χ1n) is 3.80. The fourth-order valence-corrected chi connectivity index (χ4v) is 1.20. The first kappa shape index (κ1) is 7.09. The van der Waals surface area contributed by atoms with Crippen LogP contribution in [0, 0.1) is 0 Å². The van der Waals surface area contributed by atoms with Crippen LogP contribution in [0.2, 0.25) is 0 Å². The molecule has 1 heterocycles. The van der Waals surface area contributed by atoms with Gasteiger partial charge in [-0.2, -0.15) is 0 Å². The number of aromatic amines is 1. The lowest BCUT2D eigenvalue weighted by Gasteiger charge is -1.99. The summed E-state index contributed by atoms with van der Waals surface area (Å²) < 4.78 is 0. The largest absolute Gasteiger partial charge is 0.258 e. The quantitative estimate of drug-likeness (QED) is 0.579. The topological polar surface area (TPSA) is 41.6 Å². The molecule has 0 unspecified atom stereocenters. The summed E-state index contributed by atoms with van der Waals surface area (Å²) in [5.41, 5.74) is 3.35. The predicted octanol–water partition coefficient (Wildman–Crippen LogP) is -0.270. The second-order valence-corrected chi connectivity index (χ2v) is 2.68. The summed E-state index contributed by atoms with van der Waals surface area (Å²) in [7, 11) is 2.07. The highest BCUT2D eigenvalue weighted by Crippen LogP contribution is 2.10. The Labute approximate surface area is 71.2 Å². The van der Waals surface area contributed by atoms with Crippen LogP contribution in [0.15, 0.2) is 30.5 Å². The Balaban J connectivity index is 2.55. The molecule has 0 amide bonds. The molecular weight excluding hydrogens is 149 g/mol. The van der Waals surface area contributed by atoms with Gasteiger partial charge < -0.3 is 0 Å². The van der Waals surface area contributed by atoms with E-state index < -0.39 is 0 Å². The van der Waals surface area contributed by atoms with Crippen LogP contribution in [0.25, 0.3) is 11.3 Å². The SMILES string of the molecule is Bc1ccccc1-c1cnn[nH]1. The van der Waals surface area contributed by atoms with Crippen LogP contribution < -0.4 is 5.46 Å². The van der Waals surface area contributed by atoms with Crippen LogP contribution in [-0.4, -0.2) is 23.3 Å². The maximum absolute atomic E-state index is 3.73. The van der Waals surface area contributed by atoms with Crippen LogP contribution in [0.4, 0.5) is 0 Å². The van der Waals surface area contributed by atoms with Gasteiger partial charge in [0.15, 0.2) is 0 Å². The number of rotatable bonds is 1. The van der Waals surface area contributed by atoms with Gasteiger partial charge in [-0.05, 0) is 5.56 Å². The molecule has 1 N–H and O–H groups in total. The van der Waals surface area contributed by atoms with Gasteiger partial charge in [-0.15, -0.1) is 5.10 Å². The lowest BCUT2D eigenvalue weighted by Crippen LogP contribution is -2.05. The minimum absolute atomic E-state index is 0.966. The van der Waals surface area contributed by atoms with Crippen molar-refractivity contribution in [1.29, 1.82) is 0 Å². The minimum atomic E-state index is 0.966. The van der Waals surface area contributed by atoms with E-state index in [2.05, 4.69) is 29.3 Å². The van der Waals surface area contributed by atoms with Crippen molar-refractivity contribution in [1.82, 2.24) is 15.4 Å². The molecule has 0 aliphatic heterocycles. The Morgan fingerprint density at radius 2 is 2.08 bits per heavy atom. The molecule has 1 aromatic carbocycles. The van der Waals surface area contributed by atoms with Crippen LogP contribution in [0.1, 0.15) is 0 Å². The fourth-order valence-electron chi connectivity index (χ4n) is 1.20. The molecule has 2 rings (SSSR count). The van der Waals surface area contributed by atoms with Crippen molar-refractivity contribution in [3.63, 3.8) is 0 Å². The minimum Gasteiger partial charge on any atom is -0.258 e. The Kier molecular flexibility index (Phi) is 1.66. The molecule has 4 heteroatoms. The maximum Gasteiger partial charge on any atom is 0.140 e. The summed E-state index contributed by atoms with van der Waals surface area (Å²) in [5, 5.41) is 10.2. The number of hydrogen-bond donors (Lipinski definition) is 1. The summed E-state index contributed by atoms with van der Waals surface area (Å²) in [6.45, 7) is 0. The highest BCUT2D eigenvalue weighted by Gasteiger charge is 2.00. The first-order valence-corrected chi connectivity index (χ1v) is 3.80. The van der Waals surface area contributed by atoms with Crippen molar-refractivity contribution < 1.29 is 0 Å². The third-order valence-corrected chi connectivity index (χ3v) is 1.85. The van der Waals surface area contributed by atoms with Crippen LogP contribution in [-0.2, 0) is 0 Å². The second-order valence-electron chi connectivity index (χ2n) is 2.68. The molecule has 58 valence electrons. The van der Waals surface area contributed by atoms with Crippen molar-refractivity contribution in [3.8, 4) is 11.3 Å². The van der Waals surface area contributed by atoms with Gasteiger partial charge in [0.05, 0.1) is 11.9 Å². The zero-order chi connectivity index (χ0) is 8.39. The van der Waals surface area contributed by atoms with E-state index in [0.29, 0.717) is 0 Å². The molecule has 1 aromatic heterocycles. The fraction of sp³-hybridized carbons (Fsp3) is 0. The lowest BCUT2D eigenvalue weighted by atomic mass is 9.89. The summed E-state index contributed by atoms with van der Waals surface area (Å²) in [5.74, 6) is 0. The molecule has 3 nitrogen and oxygen atoms in total. The third kappa shape index (κ3) is 1.11. The van der Waals surface area contributed by atoms with Gasteiger partial charge in [0, 0.05) is 0 Å². The molecule has 0 saturated heterocycles. The molecule has 0 bridgehead atoms. The Hall–Kier alpha value is -1.58. The van der Waals surface area contributed by atoms with Crippen molar-refractivity contribution in [2.24, 2.45) is 0 Å². The van der Waals surface area contributed by atoms with Crippen LogP contribution in [0.5, 0.6) is 0 Å². The van der Waals surface area contributed by atoms with Gasteiger partial charge in [0.25, 0.3) is 0 Å². The summed E-state index contributed by atoms with van der Waals surface area (Å²) in [6.07, 6.45) is 1.72. The monoisotopic (exact) mass is 157 g/mol. The number of benzene rings is 1. The average molecular weight is 157 g/mol. The molecule has 0 fully saturated rings. The van der Waals surface area contributed by atoms with E-state index in [1.165, 1.54) is 5.46 Å². The Bertz CT molecular complexity index is 370. The van der Waals surface area contributed by atoms with Gasteiger partial charge in [-0.3, -0.25) is 5.10 Å². The van der Waals surface area contributed by atoms with E-state index in [0.717, 1.165) is 11.3 Å². The maximum atomic E-state index is 3.73. The highest BCUT2D eigenvalue weighted by atomic mass is 15.3. The zero-order valence-corrected chi connectivity index (χ0v) is 6.78. The zero-order valence-electron chi connectivity index (χ0n) is 6.78. The van der Waals surface area contributed by atoms with Gasteiger partial charge in [0.2, 0.25) is 0 Å². The van der Waals surface area contributed by atoms with E-state index >= 15 is 0 Å². The second kappa shape index (κ2) is 2.81. The number of nitrogens with zero attached hydrogens (tertiary/aromatic N) is 2. The Morgan fingerprint density at radius 1 is 1.25 bits per heavy atom. The van der Waals surface area contributed by atoms with E-state index in [4.69, 9.17) is 0 Å². The Morgan fingerprint density at radius 3 is 2.75 bits per heavy atom.